The van der Waals surface area contributed by atoms with Crippen molar-refractivity contribution in [2.75, 3.05) is 13.6 Å². The molecule has 3 rings (SSSR count). The molecular formula is C20H21FN2O. The Morgan fingerprint density at radius 2 is 1.71 bits per heavy atom. The van der Waals surface area contributed by atoms with Crippen LogP contribution in [0.5, 0.6) is 0 Å². The van der Waals surface area contributed by atoms with E-state index in [1.165, 1.54) is 25.0 Å². The molecule has 2 aromatic rings. The number of halogens is 1. The SMILES string of the molecule is CN(CC(O)c1ccc(C#N)cc1)C(c1ccc(F)cc1)C1CC1. The average Bonchev–Trinajstić information content (AvgIpc) is 3.42. The summed E-state index contributed by atoms with van der Waals surface area (Å²) in [4.78, 5) is 2.15. The highest BCUT2D eigenvalue weighted by Gasteiger charge is 2.35. The highest BCUT2D eigenvalue weighted by molar-refractivity contribution is 5.32. The van der Waals surface area contributed by atoms with E-state index in [9.17, 15) is 9.50 Å². The first-order valence-corrected chi connectivity index (χ1v) is 8.22. The third-order valence-electron chi connectivity index (χ3n) is 4.64. The highest BCUT2D eigenvalue weighted by atomic mass is 19.1. The molecule has 24 heavy (non-hydrogen) atoms. The average molecular weight is 324 g/mol. The van der Waals surface area contributed by atoms with E-state index in [0.717, 1.165) is 11.1 Å². The molecule has 0 heterocycles. The summed E-state index contributed by atoms with van der Waals surface area (Å²) in [6.45, 7) is 0.491. The molecule has 1 aliphatic carbocycles. The quantitative estimate of drug-likeness (QED) is 0.879. The molecule has 0 amide bonds. The number of aliphatic hydroxyl groups excluding tert-OH is 1. The molecule has 2 unspecified atom stereocenters. The zero-order valence-electron chi connectivity index (χ0n) is 13.7. The number of likely N-dealkylation sites (N-methyl/N-ethyl adjacent to an activating group) is 1. The molecule has 4 heteroatoms. The van der Waals surface area contributed by atoms with Crippen molar-refractivity contribution < 1.29 is 9.50 Å². The Morgan fingerprint density at radius 3 is 2.25 bits per heavy atom. The summed E-state index contributed by atoms with van der Waals surface area (Å²) >= 11 is 0. The summed E-state index contributed by atoms with van der Waals surface area (Å²) in [6, 6.07) is 16.0. The van der Waals surface area contributed by atoms with Crippen molar-refractivity contribution >= 4 is 0 Å². The lowest BCUT2D eigenvalue weighted by atomic mass is 9.99. The molecule has 0 bridgehead atoms. The zero-order valence-corrected chi connectivity index (χ0v) is 13.7. The van der Waals surface area contributed by atoms with Gasteiger partial charge in [0.1, 0.15) is 5.82 Å². The Bertz CT molecular complexity index is 717. The molecule has 0 saturated heterocycles. The van der Waals surface area contributed by atoms with Crippen LogP contribution in [0.25, 0.3) is 0 Å². The first-order chi connectivity index (χ1) is 11.6. The fraction of sp³-hybridized carbons (Fsp3) is 0.350. The van der Waals surface area contributed by atoms with Crippen molar-refractivity contribution in [1.29, 1.82) is 5.26 Å². The Hall–Kier alpha value is -2.22. The number of hydrogen-bond acceptors (Lipinski definition) is 3. The van der Waals surface area contributed by atoms with E-state index in [2.05, 4.69) is 11.0 Å². The minimum absolute atomic E-state index is 0.193. The van der Waals surface area contributed by atoms with Gasteiger partial charge >= 0.3 is 0 Å². The lowest BCUT2D eigenvalue weighted by molar-refractivity contribution is 0.0973. The minimum atomic E-state index is -0.621. The van der Waals surface area contributed by atoms with Gasteiger partial charge in [0.05, 0.1) is 17.7 Å². The predicted molar refractivity (Wildman–Crippen MR) is 90.6 cm³/mol. The lowest BCUT2D eigenvalue weighted by Gasteiger charge is -2.30. The summed E-state index contributed by atoms with van der Waals surface area (Å²) in [5, 5.41) is 19.4. The fourth-order valence-electron chi connectivity index (χ4n) is 3.23. The molecule has 1 N–H and O–H groups in total. The van der Waals surface area contributed by atoms with Crippen LogP contribution in [-0.4, -0.2) is 23.6 Å². The number of nitriles is 1. The number of rotatable bonds is 6. The molecule has 124 valence electrons. The molecule has 1 fully saturated rings. The Balaban J connectivity index is 1.72. The van der Waals surface area contributed by atoms with E-state index in [1.807, 2.05) is 19.2 Å². The van der Waals surface area contributed by atoms with Crippen molar-refractivity contribution in [1.82, 2.24) is 4.90 Å². The molecule has 2 atom stereocenters. The Kier molecular flexibility index (Phi) is 4.94. The molecule has 2 aromatic carbocycles. The third-order valence-corrected chi connectivity index (χ3v) is 4.64. The van der Waals surface area contributed by atoms with E-state index in [4.69, 9.17) is 5.26 Å². The number of benzene rings is 2. The van der Waals surface area contributed by atoms with Crippen LogP contribution in [-0.2, 0) is 0 Å². The van der Waals surface area contributed by atoms with E-state index in [1.54, 1.807) is 24.3 Å². The third kappa shape index (κ3) is 3.81. The van der Waals surface area contributed by atoms with Crippen molar-refractivity contribution in [3.63, 3.8) is 0 Å². The number of hydrogen-bond donors (Lipinski definition) is 1. The second kappa shape index (κ2) is 7.12. The smallest absolute Gasteiger partial charge is 0.123 e. The van der Waals surface area contributed by atoms with Crippen molar-refractivity contribution in [3.8, 4) is 6.07 Å². The molecule has 1 aliphatic rings. The van der Waals surface area contributed by atoms with Gasteiger partial charge in [0.25, 0.3) is 0 Å². The van der Waals surface area contributed by atoms with Crippen molar-refractivity contribution in [2.24, 2.45) is 5.92 Å². The van der Waals surface area contributed by atoms with Gasteiger partial charge in [-0.3, -0.25) is 4.90 Å². The van der Waals surface area contributed by atoms with Crippen LogP contribution in [0.3, 0.4) is 0 Å². The first kappa shape index (κ1) is 16.6. The van der Waals surface area contributed by atoms with E-state index >= 15 is 0 Å². The topological polar surface area (TPSA) is 47.3 Å². The largest absolute Gasteiger partial charge is 0.387 e. The molecule has 0 radical (unpaired) electrons. The first-order valence-electron chi connectivity index (χ1n) is 8.22. The molecule has 0 aliphatic heterocycles. The van der Waals surface area contributed by atoms with Gasteiger partial charge in [-0.25, -0.2) is 4.39 Å². The second-order valence-corrected chi connectivity index (χ2v) is 6.52. The predicted octanol–water partition coefficient (Wildman–Crippen LogP) is 3.81. The van der Waals surface area contributed by atoms with Gasteiger partial charge in [0.2, 0.25) is 0 Å². The molecule has 0 spiro atoms. The van der Waals surface area contributed by atoms with Gasteiger partial charge in [0, 0.05) is 12.6 Å². The van der Waals surface area contributed by atoms with E-state index < -0.39 is 6.10 Å². The van der Waals surface area contributed by atoms with Gasteiger partial charge < -0.3 is 5.11 Å². The highest BCUT2D eigenvalue weighted by Crippen LogP contribution is 2.44. The lowest BCUT2D eigenvalue weighted by Crippen LogP contribution is -2.30. The Labute approximate surface area is 142 Å². The summed E-state index contributed by atoms with van der Waals surface area (Å²) in [6.07, 6.45) is 1.71. The van der Waals surface area contributed by atoms with Gasteiger partial charge in [-0.05, 0) is 61.2 Å². The maximum atomic E-state index is 13.2. The molecular weight excluding hydrogens is 303 g/mol. The van der Waals surface area contributed by atoms with Crippen LogP contribution < -0.4 is 0 Å². The maximum absolute atomic E-state index is 13.2. The van der Waals surface area contributed by atoms with E-state index in [0.29, 0.717) is 18.0 Å². The summed E-state index contributed by atoms with van der Waals surface area (Å²) in [7, 11) is 2.00. The second-order valence-electron chi connectivity index (χ2n) is 6.52. The van der Waals surface area contributed by atoms with Crippen LogP contribution >= 0.6 is 0 Å². The maximum Gasteiger partial charge on any atom is 0.123 e. The van der Waals surface area contributed by atoms with Crippen molar-refractivity contribution in [3.05, 3.63) is 71.0 Å². The molecule has 0 aromatic heterocycles. The molecule has 1 saturated carbocycles. The van der Waals surface area contributed by atoms with Gasteiger partial charge in [-0.15, -0.1) is 0 Å². The molecule has 3 nitrogen and oxygen atoms in total. The Morgan fingerprint density at radius 1 is 1.12 bits per heavy atom. The monoisotopic (exact) mass is 324 g/mol. The van der Waals surface area contributed by atoms with Crippen LogP contribution in [0.4, 0.5) is 4.39 Å². The summed E-state index contributed by atoms with van der Waals surface area (Å²) in [5.74, 6) is 0.335. The van der Waals surface area contributed by atoms with Crippen LogP contribution in [0.2, 0.25) is 0 Å². The number of aliphatic hydroxyl groups is 1. The summed E-state index contributed by atoms with van der Waals surface area (Å²) in [5.41, 5.74) is 2.48. The van der Waals surface area contributed by atoms with Gasteiger partial charge in [0.15, 0.2) is 0 Å². The summed E-state index contributed by atoms with van der Waals surface area (Å²) < 4.78 is 13.2. The number of nitrogens with zero attached hydrogens (tertiary/aromatic N) is 2. The van der Waals surface area contributed by atoms with Gasteiger partial charge in [-0.2, -0.15) is 5.26 Å². The normalized spacial score (nSPS) is 16.6. The zero-order chi connectivity index (χ0) is 17.1. The van der Waals surface area contributed by atoms with Gasteiger partial charge in [-0.1, -0.05) is 24.3 Å². The minimum Gasteiger partial charge on any atom is -0.387 e. The van der Waals surface area contributed by atoms with Crippen LogP contribution in [0.1, 0.15) is 41.7 Å². The van der Waals surface area contributed by atoms with E-state index in [-0.39, 0.29) is 11.9 Å². The fourth-order valence-corrected chi connectivity index (χ4v) is 3.23. The van der Waals surface area contributed by atoms with Crippen LogP contribution in [0.15, 0.2) is 48.5 Å². The standard InChI is InChI=1S/C20H21FN2O/c1-23(13-19(24)15-4-2-14(12-22)3-5-15)20(16-6-7-16)17-8-10-18(21)11-9-17/h2-5,8-11,16,19-20,24H,6-7,13H2,1H3. The van der Waals surface area contributed by atoms with Crippen molar-refractivity contribution in [2.45, 2.75) is 25.0 Å². The van der Waals surface area contributed by atoms with Crippen LogP contribution in [0, 0.1) is 23.1 Å².